The van der Waals surface area contributed by atoms with Gasteiger partial charge in [-0.05, 0) is 55.8 Å². The molecule has 1 heterocycles. The second kappa shape index (κ2) is 10.0. The molecular formula is C23H25N5O6. The quantitative estimate of drug-likeness (QED) is 0.312. The molecule has 0 aliphatic rings. The minimum Gasteiger partial charge on any atom is -0.493 e. The first-order valence-electron chi connectivity index (χ1n) is 10.4. The van der Waals surface area contributed by atoms with Crippen LogP contribution in [0.25, 0.3) is 10.9 Å². The summed E-state index contributed by atoms with van der Waals surface area (Å²) >= 11 is 0. The van der Waals surface area contributed by atoms with E-state index in [1.54, 1.807) is 36.4 Å². The second-order valence-electron chi connectivity index (χ2n) is 7.99. The molecular weight excluding hydrogens is 442 g/mol. The van der Waals surface area contributed by atoms with Crippen molar-refractivity contribution in [3.8, 4) is 5.88 Å². The molecule has 0 bridgehead atoms. The molecule has 0 spiro atoms. The Labute approximate surface area is 194 Å². The first kappa shape index (κ1) is 24.2. The molecule has 2 aromatic carbocycles. The van der Waals surface area contributed by atoms with Crippen LogP contribution >= 0.6 is 0 Å². The van der Waals surface area contributed by atoms with Crippen LogP contribution in [0.1, 0.15) is 36.2 Å². The molecule has 6 N–H and O–H groups in total. The van der Waals surface area contributed by atoms with Gasteiger partial charge in [-0.25, -0.2) is 9.78 Å². The Balaban J connectivity index is 1.79. The average molecular weight is 467 g/mol. The van der Waals surface area contributed by atoms with E-state index >= 15 is 0 Å². The lowest BCUT2D eigenvalue weighted by Crippen LogP contribution is -2.42. The third kappa shape index (κ3) is 5.68. The number of fused-ring (bicyclic) bond motifs is 1. The first-order chi connectivity index (χ1) is 16.0. The summed E-state index contributed by atoms with van der Waals surface area (Å²) in [5, 5.41) is 30.8. The average Bonchev–Trinajstić information content (AvgIpc) is 2.76. The maximum atomic E-state index is 12.4. The third-order valence-electron chi connectivity index (χ3n) is 5.18. The molecule has 0 radical (unpaired) electrons. The number of carbonyl (C=O) groups is 3. The van der Waals surface area contributed by atoms with E-state index in [1.165, 1.54) is 0 Å². The lowest BCUT2D eigenvalue weighted by atomic mass is 10.1. The number of benzene rings is 2. The van der Waals surface area contributed by atoms with Gasteiger partial charge >= 0.3 is 11.9 Å². The number of nitrogens with one attached hydrogen (secondary N) is 1. The van der Waals surface area contributed by atoms with Crippen LogP contribution in [0.15, 0.2) is 42.5 Å². The van der Waals surface area contributed by atoms with Gasteiger partial charge in [-0.15, -0.1) is 0 Å². The van der Waals surface area contributed by atoms with E-state index in [9.17, 15) is 19.5 Å². The number of nitrogens with zero attached hydrogens (tertiary/aromatic N) is 3. The lowest BCUT2D eigenvalue weighted by molar-refractivity contribution is -0.145. The first-order valence-corrected chi connectivity index (χ1v) is 10.4. The van der Waals surface area contributed by atoms with Crippen molar-refractivity contribution in [3.05, 3.63) is 53.6 Å². The van der Waals surface area contributed by atoms with Gasteiger partial charge in [-0.1, -0.05) is 6.07 Å². The summed E-state index contributed by atoms with van der Waals surface area (Å²) in [5.41, 5.74) is 8.02. The summed E-state index contributed by atoms with van der Waals surface area (Å²) < 4.78 is 0. The number of hydrogen-bond acceptors (Lipinski definition) is 8. The highest BCUT2D eigenvalue weighted by Crippen LogP contribution is 2.26. The van der Waals surface area contributed by atoms with Crippen LogP contribution in [0, 0.1) is 0 Å². The highest BCUT2D eigenvalue weighted by molar-refractivity contribution is 5.97. The summed E-state index contributed by atoms with van der Waals surface area (Å²) in [6.45, 7) is 4.50. The van der Waals surface area contributed by atoms with E-state index in [-0.39, 0.29) is 23.4 Å². The van der Waals surface area contributed by atoms with E-state index in [0.29, 0.717) is 17.4 Å². The summed E-state index contributed by atoms with van der Waals surface area (Å²) in [6, 6.07) is 10.5. The van der Waals surface area contributed by atoms with Crippen molar-refractivity contribution in [1.82, 2.24) is 15.3 Å². The Hall–Kier alpha value is -4.41. The van der Waals surface area contributed by atoms with Gasteiger partial charge in [0.1, 0.15) is 6.04 Å². The van der Waals surface area contributed by atoms with Crippen LogP contribution in [0.5, 0.6) is 5.88 Å². The molecule has 3 rings (SSSR count). The normalized spacial score (nSPS) is 11.9. The van der Waals surface area contributed by atoms with Crippen molar-refractivity contribution < 1.29 is 29.7 Å². The van der Waals surface area contributed by atoms with Gasteiger partial charge in [-0.3, -0.25) is 9.59 Å². The molecule has 0 saturated carbocycles. The number of aromatic nitrogens is 2. The Bertz CT molecular complexity index is 1230. The van der Waals surface area contributed by atoms with E-state index in [2.05, 4.69) is 20.2 Å². The maximum Gasteiger partial charge on any atom is 0.326 e. The Morgan fingerprint density at radius 3 is 2.32 bits per heavy atom. The standard InChI is InChI=1S/C23H25N5O6/c1-12(2)28(11-13-3-8-17-16(9-13)21(32)27-23(24)26-17)15-6-4-14(5-7-15)20(31)25-18(22(33)34)10-19(29)30/h3-9,12,18H,10-11H2,1-2H3,(H,25,31)(H,29,30)(H,33,34)(H3,24,26,27,32)/t18-/m0/s1. The van der Waals surface area contributed by atoms with Crippen LogP contribution in [0.4, 0.5) is 11.6 Å². The number of nitrogen functional groups attached to an aromatic ring is 1. The van der Waals surface area contributed by atoms with E-state index in [1.807, 2.05) is 19.9 Å². The van der Waals surface area contributed by atoms with Crippen molar-refractivity contribution in [2.75, 3.05) is 10.6 Å². The number of carboxylic acid groups (broad SMARTS) is 2. The fourth-order valence-corrected chi connectivity index (χ4v) is 3.46. The molecule has 0 aliphatic carbocycles. The van der Waals surface area contributed by atoms with Gasteiger partial charge < -0.3 is 31.3 Å². The van der Waals surface area contributed by atoms with Crippen molar-refractivity contribution >= 4 is 40.4 Å². The lowest BCUT2D eigenvalue weighted by Gasteiger charge is -2.29. The highest BCUT2D eigenvalue weighted by atomic mass is 16.4. The minimum atomic E-state index is -1.53. The molecule has 0 unspecified atom stereocenters. The number of aliphatic carboxylic acids is 2. The molecule has 0 aliphatic heterocycles. The number of aromatic hydroxyl groups is 1. The van der Waals surface area contributed by atoms with Gasteiger partial charge in [0.15, 0.2) is 0 Å². The van der Waals surface area contributed by atoms with Gasteiger partial charge in [0.2, 0.25) is 11.8 Å². The van der Waals surface area contributed by atoms with Crippen LogP contribution in [0.2, 0.25) is 0 Å². The molecule has 11 nitrogen and oxygen atoms in total. The topological polar surface area (TPSA) is 179 Å². The Morgan fingerprint density at radius 1 is 1.06 bits per heavy atom. The van der Waals surface area contributed by atoms with Gasteiger partial charge in [0.25, 0.3) is 5.91 Å². The second-order valence-corrected chi connectivity index (χ2v) is 7.99. The predicted octanol–water partition coefficient (Wildman–Crippen LogP) is 1.99. The van der Waals surface area contributed by atoms with Crippen molar-refractivity contribution in [2.45, 2.75) is 38.9 Å². The SMILES string of the molecule is CC(C)N(Cc1ccc2nc(N)nc(O)c2c1)c1ccc(C(=O)N[C@@H](CC(=O)O)C(=O)O)cc1. The molecule has 178 valence electrons. The third-order valence-corrected chi connectivity index (χ3v) is 5.18. The number of anilines is 2. The molecule has 3 aromatic rings. The molecule has 1 amide bonds. The monoisotopic (exact) mass is 467 g/mol. The summed E-state index contributed by atoms with van der Waals surface area (Å²) in [6.07, 6.45) is -0.723. The van der Waals surface area contributed by atoms with Crippen molar-refractivity contribution in [1.29, 1.82) is 0 Å². The maximum absolute atomic E-state index is 12.4. The molecule has 1 atom stereocenters. The molecule has 0 fully saturated rings. The predicted molar refractivity (Wildman–Crippen MR) is 125 cm³/mol. The number of carboxylic acids is 2. The highest BCUT2D eigenvalue weighted by Gasteiger charge is 2.23. The molecule has 1 aromatic heterocycles. The fraction of sp³-hybridized carbons (Fsp3) is 0.261. The number of amides is 1. The van der Waals surface area contributed by atoms with Crippen molar-refractivity contribution in [3.63, 3.8) is 0 Å². The van der Waals surface area contributed by atoms with Gasteiger partial charge in [0.05, 0.1) is 17.3 Å². The van der Waals surface area contributed by atoms with Crippen LogP contribution < -0.4 is 16.0 Å². The van der Waals surface area contributed by atoms with Gasteiger partial charge in [0, 0.05) is 23.8 Å². The number of rotatable bonds is 9. The summed E-state index contributed by atoms with van der Waals surface area (Å²) in [4.78, 5) is 44.4. The largest absolute Gasteiger partial charge is 0.493 e. The van der Waals surface area contributed by atoms with Gasteiger partial charge in [-0.2, -0.15) is 4.98 Å². The zero-order valence-corrected chi connectivity index (χ0v) is 18.6. The number of nitrogens with two attached hydrogens (primary N) is 1. The van der Waals surface area contributed by atoms with E-state index < -0.39 is 30.3 Å². The van der Waals surface area contributed by atoms with Crippen LogP contribution in [0.3, 0.4) is 0 Å². The van der Waals surface area contributed by atoms with E-state index in [0.717, 1.165) is 11.3 Å². The summed E-state index contributed by atoms with van der Waals surface area (Å²) in [7, 11) is 0. The Kier molecular flexibility index (Phi) is 7.15. The molecule has 0 saturated heterocycles. The van der Waals surface area contributed by atoms with Crippen molar-refractivity contribution in [2.24, 2.45) is 0 Å². The molecule has 11 heteroatoms. The number of hydrogen-bond donors (Lipinski definition) is 5. The summed E-state index contributed by atoms with van der Waals surface area (Å²) in [5.74, 6) is -3.64. The van der Waals surface area contributed by atoms with Crippen LogP contribution in [-0.4, -0.2) is 55.2 Å². The zero-order valence-electron chi connectivity index (χ0n) is 18.6. The van der Waals surface area contributed by atoms with E-state index in [4.69, 9.17) is 15.9 Å². The smallest absolute Gasteiger partial charge is 0.326 e. The van der Waals surface area contributed by atoms with Crippen LogP contribution in [-0.2, 0) is 16.1 Å². The number of carbonyl (C=O) groups excluding carboxylic acids is 1. The fourth-order valence-electron chi connectivity index (χ4n) is 3.46. The zero-order chi connectivity index (χ0) is 25.0. The Morgan fingerprint density at radius 2 is 1.74 bits per heavy atom. The molecule has 34 heavy (non-hydrogen) atoms. The minimum absolute atomic E-state index is 0.0108.